The number of nitrogens with zero attached hydrogens (tertiary/aromatic N) is 3. The van der Waals surface area contributed by atoms with Gasteiger partial charge in [-0.3, -0.25) is 9.59 Å². The molecule has 2 aromatic carbocycles. The van der Waals surface area contributed by atoms with Crippen molar-refractivity contribution in [2.24, 2.45) is 16.7 Å². The molecule has 4 bridgehead atoms. The standard InChI is InChI=1S/C34H40N4O6S/c1-20-8-6-9-21(2)29(20)27-13-28-36-32(35-27)37-45(42,43)26-11-7-10-22(12-26)30(39)38(25(19-44-28)16-33(3,4)5)24-17-34(18-24)14-23(15-34)31(40)41/h6-13,23-25H,14-19H2,1-5H3,(H,40,41)(H,35,36,37)/t23?,24?,25-,34?/m1/s1. The summed E-state index contributed by atoms with van der Waals surface area (Å²) in [5, 5.41) is 9.46. The second kappa shape index (κ2) is 11.1. The van der Waals surface area contributed by atoms with Crippen LogP contribution in [0.4, 0.5) is 5.95 Å². The summed E-state index contributed by atoms with van der Waals surface area (Å²) in [7, 11) is -4.16. The van der Waals surface area contributed by atoms with Gasteiger partial charge in [0, 0.05) is 23.2 Å². The van der Waals surface area contributed by atoms with Crippen LogP contribution in [0, 0.1) is 30.6 Å². The van der Waals surface area contributed by atoms with E-state index in [4.69, 9.17) is 4.74 Å². The number of hydrogen-bond acceptors (Lipinski definition) is 7. The number of carbonyl (C=O) groups excluding carboxylic acids is 1. The summed E-state index contributed by atoms with van der Waals surface area (Å²) in [4.78, 5) is 36.8. The summed E-state index contributed by atoms with van der Waals surface area (Å²) in [5.74, 6) is -1.29. The predicted molar refractivity (Wildman–Crippen MR) is 170 cm³/mol. The van der Waals surface area contributed by atoms with Crippen molar-refractivity contribution in [2.45, 2.75) is 83.7 Å². The number of amides is 1. The van der Waals surface area contributed by atoms with Crippen LogP contribution < -0.4 is 9.46 Å². The zero-order valence-electron chi connectivity index (χ0n) is 26.3. The number of carboxylic acid groups (broad SMARTS) is 1. The summed E-state index contributed by atoms with van der Waals surface area (Å²) >= 11 is 0. The van der Waals surface area contributed by atoms with E-state index in [1.165, 1.54) is 12.1 Å². The lowest BCUT2D eigenvalue weighted by Crippen LogP contribution is -2.62. The number of hydrogen-bond donors (Lipinski definition) is 2. The number of aryl methyl sites for hydroxylation is 2. The maximum absolute atomic E-state index is 14.4. The number of aromatic nitrogens is 2. The number of ether oxygens (including phenoxy) is 1. The van der Waals surface area contributed by atoms with E-state index in [9.17, 15) is 23.1 Å². The van der Waals surface area contributed by atoms with Crippen molar-refractivity contribution < 1.29 is 27.9 Å². The Hall–Kier alpha value is -3.99. The van der Waals surface area contributed by atoms with Gasteiger partial charge in [0.05, 0.1) is 22.5 Å². The highest BCUT2D eigenvalue weighted by atomic mass is 32.2. The third kappa shape index (κ3) is 6.14. The first kappa shape index (κ1) is 31.0. The van der Waals surface area contributed by atoms with Crippen LogP contribution in [0.25, 0.3) is 11.3 Å². The molecular formula is C34H40N4O6S. The smallest absolute Gasteiger partial charge is 0.306 e. The van der Waals surface area contributed by atoms with Gasteiger partial charge >= 0.3 is 5.97 Å². The molecule has 1 spiro atoms. The quantitative estimate of drug-likeness (QED) is 0.366. The second-order valence-electron chi connectivity index (χ2n) is 14.3. The van der Waals surface area contributed by atoms with Crippen molar-refractivity contribution in [2.75, 3.05) is 11.3 Å². The monoisotopic (exact) mass is 632 g/mol. The van der Waals surface area contributed by atoms with Gasteiger partial charge in [-0.05, 0) is 86.1 Å². The number of fused-ring (bicyclic) bond motifs is 4. The molecule has 3 aliphatic rings. The molecule has 3 aromatic rings. The molecule has 1 amide bonds. The predicted octanol–water partition coefficient (Wildman–Crippen LogP) is 5.84. The summed E-state index contributed by atoms with van der Waals surface area (Å²) < 4.78 is 36.1. The first-order valence-corrected chi connectivity index (χ1v) is 16.9. The number of carbonyl (C=O) groups is 2. The molecular weight excluding hydrogens is 592 g/mol. The van der Waals surface area contributed by atoms with Gasteiger partial charge in [-0.1, -0.05) is 45.0 Å². The van der Waals surface area contributed by atoms with Crippen molar-refractivity contribution in [1.29, 1.82) is 0 Å². The molecule has 2 saturated carbocycles. The van der Waals surface area contributed by atoms with Crippen molar-refractivity contribution in [3.05, 3.63) is 65.2 Å². The average molecular weight is 633 g/mol. The average Bonchev–Trinajstić information content (AvgIpc) is 2.90. The van der Waals surface area contributed by atoms with Gasteiger partial charge in [0.25, 0.3) is 15.9 Å². The van der Waals surface area contributed by atoms with Crippen LogP contribution in [0.1, 0.15) is 74.4 Å². The number of sulfonamides is 1. The van der Waals surface area contributed by atoms with E-state index < -0.39 is 16.0 Å². The SMILES string of the molecule is Cc1cccc(C)c1-c1cc2nc(n1)NS(=O)(=O)c1cccc(c1)C(=O)N(C1CC3(CC(C(=O)O)C3)C1)[C@H](CC(C)(C)C)CO2. The molecule has 1 aliphatic heterocycles. The van der Waals surface area contributed by atoms with Crippen LogP contribution in [0.2, 0.25) is 0 Å². The Labute approximate surface area is 264 Å². The third-order valence-corrected chi connectivity index (χ3v) is 10.7. The van der Waals surface area contributed by atoms with E-state index in [-0.39, 0.29) is 63.6 Å². The van der Waals surface area contributed by atoms with Gasteiger partial charge < -0.3 is 14.7 Å². The van der Waals surface area contributed by atoms with E-state index in [0.29, 0.717) is 37.8 Å². The summed E-state index contributed by atoms with van der Waals surface area (Å²) in [6.07, 6.45) is 3.27. The fourth-order valence-corrected chi connectivity index (χ4v) is 8.39. The third-order valence-electron chi connectivity index (χ3n) is 9.40. The molecule has 2 aliphatic carbocycles. The highest BCUT2D eigenvalue weighted by molar-refractivity contribution is 7.92. The fourth-order valence-electron chi connectivity index (χ4n) is 7.40. The number of nitrogens with one attached hydrogen (secondary N) is 1. The van der Waals surface area contributed by atoms with Gasteiger partial charge in [0.15, 0.2) is 0 Å². The van der Waals surface area contributed by atoms with Crippen LogP contribution >= 0.6 is 0 Å². The van der Waals surface area contributed by atoms with Crippen LogP contribution in [-0.4, -0.2) is 59.0 Å². The molecule has 0 saturated heterocycles. The molecule has 45 heavy (non-hydrogen) atoms. The highest BCUT2D eigenvalue weighted by Crippen LogP contribution is 2.60. The number of rotatable bonds is 4. The number of benzene rings is 2. The minimum Gasteiger partial charge on any atom is -0.481 e. The molecule has 1 aromatic heterocycles. The fraction of sp³-hybridized carbons (Fsp3) is 0.471. The van der Waals surface area contributed by atoms with E-state index in [1.807, 2.05) is 36.9 Å². The molecule has 6 rings (SSSR count). The van der Waals surface area contributed by atoms with Crippen molar-refractivity contribution in [3.63, 3.8) is 0 Å². The molecule has 2 N–H and O–H groups in total. The van der Waals surface area contributed by atoms with Crippen molar-refractivity contribution >= 4 is 27.8 Å². The summed E-state index contributed by atoms with van der Waals surface area (Å²) in [5.41, 5.74) is 3.36. The molecule has 238 valence electrons. The van der Waals surface area contributed by atoms with E-state index in [0.717, 1.165) is 16.7 Å². The number of carboxylic acids is 1. The minimum atomic E-state index is -4.16. The number of aliphatic carboxylic acids is 1. The normalized spacial score (nSPS) is 25.8. The van der Waals surface area contributed by atoms with Gasteiger partial charge in [-0.2, -0.15) is 4.98 Å². The summed E-state index contributed by atoms with van der Waals surface area (Å²) in [6, 6.07) is 13.2. The van der Waals surface area contributed by atoms with Crippen LogP contribution in [0.15, 0.2) is 53.4 Å². The molecule has 0 unspecified atom stereocenters. The zero-order valence-corrected chi connectivity index (χ0v) is 27.1. The Morgan fingerprint density at radius 2 is 1.71 bits per heavy atom. The van der Waals surface area contributed by atoms with Crippen LogP contribution in [-0.2, 0) is 14.8 Å². The number of anilines is 1. The van der Waals surface area contributed by atoms with Crippen molar-refractivity contribution in [1.82, 2.24) is 14.9 Å². The molecule has 2 fully saturated rings. The molecule has 10 nitrogen and oxygen atoms in total. The van der Waals surface area contributed by atoms with Gasteiger partial charge in [0.1, 0.15) is 6.61 Å². The lowest BCUT2D eigenvalue weighted by molar-refractivity contribution is -0.159. The van der Waals surface area contributed by atoms with Gasteiger partial charge in [0.2, 0.25) is 11.8 Å². The minimum absolute atomic E-state index is 0.0702. The Morgan fingerprint density at radius 1 is 1.04 bits per heavy atom. The van der Waals surface area contributed by atoms with E-state index >= 15 is 0 Å². The molecule has 1 atom stereocenters. The van der Waals surface area contributed by atoms with Gasteiger partial charge in [-0.25, -0.2) is 18.1 Å². The first-order valence-electron chi connectivity index (χ1n) is 15.4. The lowest BCUT2D eigenvalue weighted by Gasteiger charge is -2.60. The van der Waals surface area contributed by atoms with Crippen LogP contribution in [0.5, 0.6) is 5.88 Å². The van der Waals surface area contributed by atoms with Crippen LogP contribution in [0.3, 0.4) is 0 Å². The Balaban J connectivity index is 1.44. The molecule has 11 heteroatoms. The maximum atomic E-state index is 14.4. The lowest BCUT2D eigenvalue weighted by atomic mass is 9.49. The Bertz CT molecular complexity index is 1750. The zero-order chi connectivity index (χ0) is 32.3. The van der Waals surface area contributed by atoms with E-state index in [2.05, 4.69) is 35.5 Å². The maximum Gasteiger partial charge on any atom is 0.306 e. The van der Waals surface area contributed by atoms with Gasteiger partial charge in [-0.15, -0.1) is 0 Å². The summed E-state index contributed by atoms with van der Waals surface area (Å²) in [6.45, 7) is 10.4. The Kier molecular flexibility index (Phi) is 7.66. The van der Waals surface area contributed by atoms with E-state index in [1.54, 1.807) is 18.2 Å². The second-order valence-corrected chi connectivity index (χ2v) is 15.9. The highest BCUT2D eigenvalue weighted by Gasteiger charge is 2.57. The topological polar surface area (TPSA) is 139 Å². The largest absolute Gasteiger partial charge is 0.481 e. The molecule has 0 radical (unpaired) electrons. The first-order chi connectivity index (χ1) is 21.1. The molecule has 2 heterocycles. The Morgan fingerprint density at radius 3 is 2.36 bits per heavy atom. The van der Waals surface area contributed by atoms with Crippen molar-refractivity contribution in [3.8, 4) is 17.1 Å².